The molecule has 3 heteroatoms. The second-order valence-corrected chi connectivity index (χ2v) is 4.63. The van der Waals surface area contributed by atoms with Crippen LogP contribution >= 0.6 is 0 Å². The lowest BCUT2D eigenvalue weighted by Crippen LogP contribution is -2.40. The van der Waals surface area contributed by atoms with Gasteiger partial charge < -0.3 is 4.79 Å². The molecule has 0 unspecified atom stereocenters. The van der Waals surface area contributed by atoms with E-state index in [0.29, 0.717) is 11.8 Å². The number of carbonyl (C=O) groups excluding carboxylic acids is 1. The molecular weight excluding hydrogens is 164 g/mol. The van der Waals surface area contributed by atoms with E-state index in [9.17, 15) is 4.79 Å². The molecule has 0 aromatic carbocycles. The molecule has 1 fully saturated rings. The molecule has 0 atom stereocenters. The number of ketones is 1. The molecule has 0 saturated heterocycles. The zero-order chi connectivity index (χ0) is 9.90. The van der Waals surface area contributed by atoms with Crippen molar-refractivity contribution in [3.8, 4) is 0 Å². The van der Waals surface area contributed by atoms with Crippen LogP contribution < -0.4 is 11.3 Å². The van der Waals surface area contributed by atoms with Gasteiger partial charge in [0.15, 0.2) is 0 Å². The van der Waals surface area contributed by atoms with Gasteiger partial charge in [-0.25, -0.2) is 0 Å². The molecule has 13 heavy (non-hydrogen) atoms. The van der Waals surface area contributed by atoms with Gasteiger partial charge in [-0.1, -0.05) is 6.92 Å². The van der Waals surface area contributed by atoms with E-state index < -0.39 is 0 Å². The van der Waals surface area contributed by atoms with E-state index in [2.05, 4.69) is 12.3 Å². The molecule has 0 radical (unpaired) electrons. The lowest BCUT2D eigenvalue weighted by Gasteiger charge is -2.36. The van der Waals surface area contributed by atoms with E-state index in [4.69, 9.17) is 5.84 Å². The second kappa shape index (κ2) is 4.20. The van der Waals surface area contributed by atoms with Crippen LogP contribution in [-0.4, -0.2) is 11.8 Å². The van der Waals surface area contributed by atoms with Crippen LogP contribution in [0.4, 0.5) is 0 Å². The number of nitrogens with two attached hydrogens (primary N) is 1. The SMILES string of the molecule is CC(=O)CC1(C)CCC(NN)CC1. The average Bonchev–Trinajstić information content (AvgIpc) is 2.04. The summed E-state index contributed by atoms with van der Waals surface area (Å²) in [5.74, 6) is 5.68. The molecule has 0 aliphatic heterocycles. The first-order valence-electron chi connectivity index (χ1n) is 5.01. The minimum Gasteiger partial charge on any atom is -0.300 e. The molecule has 1 aliphatic carbocycles. The van der Waals surface area contributed by atoms with Crippen molar-refractivity contribution in [2.45, 2.75) is 52.0 Å². The molecule has 3 N–H and O–H groups in total. The van der Waals surface area contributed by atoms with Crippen molar-refractivity contribution < 1.29 is 4.79 Å². The third kappa shape index (κ3) is 3.08. The maximum Gasteiger partial charge on any atom is 0.130 e. The summed E-state index contributed by atoms with van der Waals surface area (Å²) in [7, 11) is 0. The van der Waals surface area contributed by atoms with Crippen LogP contribution in [0.2, 0.25) is 0 Å². The van der Waals surface area contributed by atoms with Gasteiger partial charge in [-0.15, -0.1) is 0 Å². The monoisotopic (exact) mass is 184 g/mol. The Kier molecular flexibility index (Phi) is 3.45. The van der Waals surface area contributed by atoms with E-state index >= 15 is 0 Å². The fraction of sp³-hybridized carbons (Fsp3) is 0.900. The van der Waals surface area contributed by atoms with Crippen LogP contribution in [0.15, 0.2) is 0 Å². The van der Waals surface area contributed by atoms with Crippen molar-refractivity contribution in [3.63, 3.8) is 0 Å². The number of hydrogen-bond acceptors (Lipinski definition) is 3. The standard InChI is InChI=1S/C10H20N2O/c1-8(13)7-10(2)5-3-9(12-11)4-6-10/h9,12H,3-7,11H2,1-2H3. The summed E-state index contributed by atoms with van der Waals surface area (Å²) < 4.78 is 0. The van der Waals surface area contributed by atoms with Gasteiger partial charge in [0.1, 0.15) is 5.78 Å². The first kappa shape index (κ1) is 10.7. The molecular formula is C10H20N2O. The van der Waals surface area contributed by atoms with E-state index in [1.54, 1.807) is 6.92 Å². The van der Waals surface area contributed by atoms with Crippen LogP contribution in [-0.2, 0) is 4.79 Å². The third-order valence-corrected chi connectivity index (χ3v) is 3.10. The highest BCUT2D eigenvalue weighted by atomic mass is 16.1. The lowest BCUT2D eigenvalue weighted by atomic mass is 9.71. The van der Waals surface area contributed by atoms with Crippen molar-refractivity contribution >= 4 is 5.78 Å². The Morgan fingerprint density at radius 3 is 2.46 bits per heavy atom. The van der Waals surface area contributed by atoms with Crippen LogP contribution in [0.3, 0.4) is 0 Å². The molecule has 0 aromatic rings. The summed E-state index contributed by atoms with van der Waals surface area (Å²) in [6.45, 7) is 3.89. The number of nitrogens with one attached hydrogen (secondary N) is 1. The zero-order valence-corrected chi connectivity index (χ0v) is 8.60. The van der Waals surface area contributed by atoms with E-state index in [1.165, 1.54) is 0 Å². The average molecular weight is 184 g/mol. The molecule has 1 rings (SSSR count). The lowest BCUT2D eigenvalue weighted by molar-refractivity contribution is -0.119. The Morgan fingerprint density at radius 1 is 1.54 bits per heavy atom. The maximum atomic E-state index is 11.0. The van der Waals surface area contributed by atoms with Crippen molar-refractivity contribution in [2.24, 2.45) is 11.3 Å². The summed E-state index contributed by atoms with van der Waals surface area (Å²) >= 11 is 0. The summed E-state index contributed by atoms with van der Waals surface area (Å²) in [5, 5.41) is 0. The van der Waals surface area contributed by atoms with Crippen molar-refractivity contribution in [1.29, 1.82) is 0 Å². The van der Waals surface area contributed by atoms with Crippen molar-refractivity contribution in [2.75, 3.05) is 0 Å². The molecule has 0 bridgehead atoms. The molecule has 0 spiro atoms. The topological polar surface area (TPSA) is 55.1 Å². The Labute approximate surface area is 80.0 Å². The minimum absolute atomic E-state index is 0.235. The Morgan fingerprint density at radius 2 is 2.08 bits per heavy atom. The van der Waals surface area contributed by atoms with Gasteiger partial charge in [-0.05, 0) is 38.0 Å². The van der Waals surface area contributed by atoms with Gasteiger partial charge >= 0.3 is 0 Å². The first-order valence-corrected chi connectivity index (χ1v) is 5.01. The number of rotatable bonds is 3. The zero-order valence-electron chi connectivity index (χ0n) is 8.60. The smallest absolute Gasteiger partial charge is 0.130 e. The summed E-state index contributed by atoms with van der Waals surface area (Å²) in [6.07, 6.45) is 5.15. The number of hydrogen-bond donors (Lipinski definition) is 2. The van der Waals surface area contributed by atoms with E-state index in [-0.39, 0.29) is 5.41 Å². The van der Waals surface area contributed by atoms with Gasteiger partial charge in [0.25, 0.3) is 0 Å². The number of carbonyl (C=O) groups is 1. The molecule has 1 saturated carbocycles. The molecule has 0 amide bonds. The van der Waals surface area contributed by atoms with Gasteiger partial charge in [-0.3, -0.25) is 11.3 Å². The van der Waals surface area contributed by atoms with Gasteiger partial charge in [0.05, 0.1) is 0 Å². The molecule has 3 nitrogen and oxygen atoms in total. The number of hydrazine groups is 1. The normalized spacial score (nSPS) is 34.5. The predicted molar refractivity (Wildman–Crippen MR) is 53.0 cm³/mol. The highest BCUT2D eigenvalue weighted by Gasteiger charge is 2.31. The second-order valence-electron chi connectivity index (χ2n) is 4.63. The highest BCUT2D eigenvalue weighted by Crippen LogP contribution is 2.38. The van der Waals surface area contributed by atoms with E-state index in [1.807, 2.05) is 0 Å². The largest absolute Gasteiger partial charge is 0.300 e. The fourth-order valence-corrected chi connectivity index (χ4v) is 2.26. The van der Waals surface area contributed by atoms with Crippen LogP contribution in [0, 0.1) is 5.41 Å². The first-order chi connectivity index (χ1) is 6.06. The summed E-state index contributed by atoms with van der Waals surface area (Å²) in [6, 6.07) is 0.458. The Hall–Kier alpha value is -0.410. The molecule has 76 valence electrons. The quantitative estimate of drug-likeness (QED) is 0.514. The van der Waals surface area contributed by atoms with Crippen molar-refractivity contribution in [3.05, 3.63) is 0 Å². The van der Waals surface area contributed by atoms with E-state index in [0.717, 1.165) is 32.1 Å². The van der Waals surface area contributed by atoms with Gasteiger partial charge in [0.2, 0.25) is 0 Å². The summed E-state index contributed by atoms with van der Waals surface area (Å²) in [5.41, 5.74) is 3.05. The molecule has 1 aliphatic rings. The fourth-order valence-electron chi connectivity index (χ4n) is 2.26. The Bertz CT molecular complexity index is 183. The minimum atomic E-state index is 0.235. The highest BCUT2D eigenvalue weighted by molar-refractivity contribution is 5.76. The van der Waals surface area contributed by atoms with Gasteiger partial charge in [-0.2, -0.15) is 0 Å². The molecule has 0 heterocycles. The van der Waals surface area contributed by atoms with Gasteiger partial charge in [0, 0.05) is 12.5 Å². The van der Waals surface area contributed by atoms with Crippen LogP contribution in [0.1, 0.15) is 46.0 Å². The Balaban J connectivity index is 2.41. The van der Waals surface area contributed by atoms with Crippen molar-refractivity contribution in [1.82, 2.24) is 5.43 Å². The van der Waals surface area contributed by atoms with Crippen LogP contribution in [0.5, 0.6) is 0 Å². The summed E-state index contributed by atoms with van der Waals surface area (Å²) in [4.78, 5) is 11.0. The third-order valence-electron chi connectivity index (χ3n) is 3.10. The van der Waals surface area contributed by atoms with Crippen LogP contribution in [0.25, 0.3) is 0 Å². The molecule has 0 aromatic heterocycles. The number of Topliss-reactive ketones (excluding diaryl/α,β-unsaturated/α-hetero) is 1. The maximum absolute atomic E-state index is 11.0. The predicted octanol–water partition coefficient (Wildman–Crippen LogP) is 1.38.